The van der Waals surface area contributed by atoms with Crippen LogP contribution in [0.3, 0.4) is 0 Å². The van der Waals surface area contributed by atoms with E-state index in [1.54, 1.807) is 93.6 Å². The van der Waals surface area contributed by atoms with Gasteiger partial charge in [-0.2, -0.15) is 43.1 Å². The van der Waals surface area contributed by atoms with Crippen molar-refractivity contribution in [1.29, 1.82) is 0 Å². The van der Waals surface area contributed by atoms with Crippen molar-refractivity contribution in [2.24, 2.45) is 0 Å². The number of hydrogen-bond donors (Lipinski definition) is 0. The molecule has 0 aliphatic carbocycles. The Morgan fingerprint density at radius 2 is 0.680 bits per heavy atom. The Morgan fingerprint density at radius 3 is 1.12 bits per heavy atom. The number of benzene rings is 6. The van der Waals surface area contributed by atoms with E-state index in [2.05, 4.69) is 110 Å². The number of methoxy groups -OCH3 is 1. The largest absolute Gasteiger partial charge is 0.496 e. The molecule has 0 spiro atoms. The predicted molar refractivity (Wildman–Crippen MR) is 472 cm³/mol. The van der Waals surface area contributed by atoms with E-state index >= 15 is 0 Å². The van der Waals surface area contributed by atoms with Gasteiger partial charge in [-0.1, -0.05) is 74.6 Å². The highest BCUT2D eigenvalue weighted by atomic mass is 19.4. The van der Waals surface area contributed by atoms with E-state index < -0.39 is 11.7 Å². The summed E-state index contributed by atoms with van der Waals surface area (Å²) in [7, 11) is 1.64. The minimum Gasteiger partial charge on any atom is -0.496 e. The molecular formula is C96H87F3N18O11. The molecule has 0 saturated carbocycles. The van der Waals surface area contributed by atoms with Gasteiger partial charge in [0.15, 0.2) is 11.5 Å². The summed E-state index contributed by atoms with van der Waals surface area (Å²) in [6, 6.07) is 57.0. The summed E-state index contributed by atoms with van der Waals surface area (Å²) in [5, 5.41) is 23.9. The predicted octanol–water partition coefficient (Wildman–Crippen LogP) is 22.0. The molecule has 6 aromatic carbocycles. The van der Waals surface area contributed by atoms with Crippen LogP contribution in [0.5, 0.6) is 28.7 Å². The van der Waals surface area contributed by atoms with Crippen LogP contribution in [0.1, 0.15) is 80.8 Å². The van der Waals surface area contributed by atoms with Crippen LogP contribution < -0.4 is 23.7 Å². The number of alkyl halides is 3. The number of aromatic nitrogens is 18. The van der Waals surface area contributed by atoms with Crippen molar-refractivity contribution in [3.8, 4) is 166 Å². The standard InChI is InChI=1S/C18H19N3O3.C17H17N3O.C16H15N3O2.C15H10F3N3O.2C15H13N3O2/c1-4-22-15-7-6-13(10-16(15)23-5-2)18-20-17(21-24-18)14-8-9-19-11-12(14)3;1-2-3-4-13-5-7-15(8-6-13)17-19-16(20-21-17)14-9-11-18-12-10-14;1-3-20-13-4-5-14(11(2)10-13)16-18-15(19-21-16)12-6-8-17-9-7-12;1-9-2-3-11(8-12(9)15(16,17)18)14-20-13(21-22-14)10-4-6-19-7-5-10;1-10-3-4-12(9-13(10)19-2)15-17-14(18-20-15)11-5-7-16-8-6-11;1-2-19-13-5-3-4-12(10-13)15-17-14(18-20-15)11-6-8-16-9-7-11/h6-11H,4-5H2,1-3H3;5-12H,2-4H2,1H3;4-10H,3H2,1-2H3;2-8H,1H3;3-9H,1-2H3;3-10H,2H2,1H3. The Kier molecular flexibility index (Phi) is 31.0. The Bertz CT molecular complexity index is 6500. The van der Waals surface area contributed by atoms with Gasteiger partial charge in [-0.3, -0.25) is 29.9 Å². The van der Waals surface area contributed by atoms with E-state index in [9.17, 15) is 13.2 Å². The summed E-state index contributed by atoms with van der Waals surface area (Å²) in [4.78, 5) is 50.1. The highest BCUT2D eigenvalue weighted by molar-refractivity contribution is 5.68. The van der Waals surface area contributed by atoms with Crippen molar-refractivity contribution in [3.05, 3.63) is 296 Å². The zero-order chi connectivity index (χ0) is 89.6. The molecule has 18 aromatic rings. The van der Waals surface area contributed by atoms with E-state index in [4.69, 9.17) is 50.8 Å². The summed E-state index contributed by atoms with van der Waals surface area (Å²) >= 11 is 0. The minimum absolute atomic E-state index is 0.0392. The molecule has 18 rings (SSSR count). The Labute approximate surface area is 733 Å². The summed E-state index contributed by atoms with van der Waals surface area (Å²) in [5.41, 5.74) is 13.5. The van der Waals surface area contributed by atoms with E-state index in [0.29, 0.717) is 108 Å². The number of unbranched alkanes of at least 4 members (excludes halogenated alkanes) is 1. The monoisotopic (exact) mass is 1720 g/mol. The van der Waals surface area contributed by atoms with Crippen LogP contribution in [0.2, 0.25) is 0 Å². The number of nitrogens with zero attached hydrogens (tertiary/aromatic N) is 18. The molecule has 12 heterocycles. The molecule has 128 heavy (non-hydrogen) atoms. The zero-order valence-electron chi connectivity index (χ0n) is 71.5. The quantitative estimate of drug-likeness (QED) is 0.0542. The fraction of sp³-hybridized carbons (Fsp3) is 0.188. The fourth-order valence-electron chi connectivity index (χ4n) is 12.4. The zero-order valence-corrected chi connectivity index (χ0v) is 71.5. The first-order valence-corrected chi connectivity index (χ1v) is 40.7. The number of halogens is 3. The normalized spacial score (nSPS) is 10.8. The highest BCUT2D eigenvalue weighted by Gasteiger charge is 2.33. The second kappa shape index (κ2) is 44.3. The molecule has 0 radical (unpaired) electrons. The topological polar surface area (TPSA) is 357 Å². The number of pyridine rings is 6. The maximum absolute atomic E-state index is 12.9. The maximum atomic E-state index is 12.9. The third kappa shape index (κ3) is 24.0. The first-order valence-electron chi connectivity index (χ1n) is 40.7. The molecule has 12 aromatic heterocycles. The lowest BCUT2D eigenvalue weighted by Crippen LogP contribution is -2.07. The van der Waals surface area contributed by atoms with Gasteiger partial charge >= 0.3 is 6.18 Å². The van der Waals surface area contributed by atoms with E-state index in [1.165, 1.54) is 37.5 Å². The Hall–Kier alpha value is -16.2. The number of rotatable bonds is 24. The molecule has 0 fully saturated rings. The Balaban J connectivity index is 0.000000131. The summed E-state index contributed by atoms with van der Waals surface area (Å²) in [5.74, 6) is 9.32. The van der Waals surface area contributed by atoms with Crippen molar-refractivity contribution in [2.75, 3.05) is 33.5 Å². The van der Waals surface area contributed by atoms with Gasteiger partial charge in [-0.15, -0.1) is 0 Å². The van der Waals surface area contributed by atoms with Crippen molar-refractivity contribution >= 4 is 0 Å². The molecule has 0 aliphatic heterocycles. The number of ether oxygens (including phenoxy) is 5. The number of aryl methyl sites for hydroxylation is 5. The first-order chi connectivity index (χ1) is 62.5. The molecule has 0 saturated heterocycles. The van der Waals surface area contributed by atoms with Gasteiger partial charge in [0, 0.05) is 141 Å². The molecule has 0 aliphatic rings. The molecule has 32 heteroatoms. The van der Waals surface area contributed by atoms with Crippen molar-refractivity contribution in [2.45, 2.75) is 87.8 Å². The molecule has 0 bridgehead atoms. The van der Waals surface area contributed by atoms with E-state index in [1.807, 2.05) is 194 Å². The average Bonchev–Trinajstić information content (AvgIpc) is 1.68. The molecule has 29 nitrogen and oxygen atoms in total. The van der Waals surface area contributed by atoms with Crippen LogP contribution in [0.25, 0.3) is 137 Å². The second-order valence-corrected chi connectivity index (χ2v) is 27.8. The fourth-order valence-corrected chi connectivity index (χ4v) is 12.4. The van der Waals surface area contributed by atoms with Gasteiger partial charge in [-0.05, 0) is 254 Å². The van der Waals surface area contributed by atoms with Gasteiger partial charge in [0.2, 0.25) is 34.9 Å². The lowest BCUT2D eigenvalue weighted by molar-refractivity contribution is -0.138. The SMILES string of the molecule is CCCCc1ccc(-c2nc(-c3ccncc3)no2)cc1.CCOc1ccc(-c2nc(-c3ccncc3)no2)c(C)c1.CCOc1ccc(-c2nc(-c3ccncc3C)no2)cc1OCC.CCOc1cccc(-c2nc(-c3ccncc3)no2)c1.COc1cc(-c2nc(-c3ccncc3)no2)ccc1C.Cc1ccc(-c2nc(-c3ccncc3)no2)cc1C(F)(F)F. The average molecular weight is 1730 g/mol. The minimum atomic E-state index is -4.42. The van der Waals surface area contributed by atoms with Crippen LogP contribution in [0.4, 0.5) is 13.2 Å². The third-order valence-corrected chi connectivity index (χ3v) is 18.9. The first kappa shape index (κ1) is 89.6. The lowest BCUT2D eigenvalue weighted by atomic mass is 10.0. The number of hydrogen-bond acceptors (Lipinski definition) is 29. The van der Waals surface area contributed by atoms with Crippen LogP contribution in [-0.2, 0) is 12.6 Å². The van der Waals surface area contributed by atoms with Gasteiger partial charge in [0.1, 0.15) is 17.2 Å². The molecular weight excluding hydrogens is 1640 g/mol. The summed E-state index contributed by atoms with van der Waals surface area (Å²) in [6.07, 6.45) is 19.4. The van der Waals surface area contributed by atoms with Crippen LogP contribution in [0.15, 0.2) is 290 Å². The summed E-state index contributed by atoms with van der Waals surface area (Å²) < 4.78 is 98.1. The molecule has 0 unspecified atom stereocenters. The smallest absolute Gasteiger partial charge is 0.416 e. The summed E-state index contributed by atoms with van der Waals surface area (Å²) in [6.45, 7) is 19.7. The van der Waals surface area contributed by atoms with Crippen LogP contribution in [-0.4, -0.2) is 124 Å². The van der Waals surface area contributed by atoms with E-state index in [0.717, 1.165) is 102 Å². The van der Waals surface area contributed by atoms with Gasteiger partial charge in [0.05, 0.1) is 39.1 Å². The maximum Gasteiger partial charge on any atom is 0.416 e. The van der Waals surface area contributed by atoms with Crippen molar-refractivity contribution in [3.63, 3.8) is 0 Å². The second-order valence-electron chi connectivity index (χ2n) is 27.8. The Morgan fingerprint density at radius 1 is 0.297 bits per heavy atom. The van der Waals surface area contributed by atoms with Crippen LogP contribution in [0, 0.1) is 27.7 Å². The lowest BCUT2D eigenvalue weighted by Gasteiger charge is -2.11. The third-order valence-electron chi connectivity index (χ3n) is 18.9. The van der Waals surface area contributed by atoms with Crippen molar-refractivity contribution in [1.82, 2.24) is 90.7 Å². The molecule has 648 valence electrons. The molecule has 0 atom stereocenters. The van der Waals surface area contributed by atoms with Gasteiger partial charge in [0.25, 0.3) is 35.3 Å². The highest BCUT2D eigenvalue weighted by Crippen LogP contribution is 2.38. The molecule has 0 amide bonds. The van der Waals surface area contributed by atoms with E-state index in [-0.39, 0.29) is 17.0 Å². The van der Waals surface area contributed by atoms with Crippen LogP contribution >= 0.6 is 0 Å². The van der Waals surface area contributed by atoms with Crippen molar-refractivity contribution < 1.29 is 64.0 Å². The van der Waals surface area contributed by atoms with Gasteiger partial charge in [-0.25, -0.2) is 0 Å². The van der Waals surface area contributed by atoms with Gasteiger partial charge < -0.3 is 50.8 Å². The molecule has 0 N–H and O–H groups in total.